The van der Waals surface area contributed by atoms with Gasteiger partial charge in [-0.3, -0.25) is 0 Å². The molecule has 2 aromatic carbocycles. The van der Waals surface area contributed by atoms with Crippen molar-refractivity contribution in [2.24, 2.45) is 0 Å². The maximum Gasteiger partial charge on any atom is 0.229 e. The van der Waals surface area contributed by atoms with E-state index >= 15 is 0 Å². The summed E-state index contributed by atoms with van der Waals surface area (Å²) in [4.78, 5) is 11.7. The number of hydrogen-bond acceptors (Lipinski definition) is 5. The van der Waals surface area contributed by atoms with Gasteiger partial charge in [-0.1, -0.05) is 42.5 Å². The van der Waals surface area contributed by atoms with Gasteiger partial charge in [-0.05, 0) is 32.9 Å². The van der Waals surface area contributed by atoms with Crippen molar-refractivity contribution < 1.29 is 4.74 Å². The monoisotopic (exact) mass is 362 g/mol. The van der Waals surface area contributed by atoms with Crippen LogP contribution in [-0.4, -0.2) is 29.7 Å². The van der Waals surface area contributed by atoms with Crippen LogP contribution in [0.3, 0.4) is 0 Å². The second-order valence-corrected chi connectivity index (χ2v) is 6.03. The van der Waals surface area contributed by atoms with Gasteiger partial charge in [0.1, 0.15) is 11.6 Å². The lowest BCUT2D eigenvalue weighted by Gasteiger charge is -2.21. The van der Waals surface area contributed by atoms with Crippen LogP contribution in [0.1, 0.15) is 20.8 Å². The molecule has 0 aliphatic heterocycles. The van der Waals surface area contributed by atoms with Crippen LogP contribution in [0, 0.1) is 0 Å². The molecule has 0 saturated heterocycles. The van der Waals surface area contributed by atoms with Crippen LogP contribution in [-0.2, 0) is 0 Å². The Bertz CT molecular complexity index is 863. The molecule has 0 spiro atoms. The predicted molar refractivity (Wildman–Crippen MR) is 112 cm³/mol. The van der Waals surface area contributed by atoms with Crippen LogP contribution in [0.15, 0.2) is 60.7 Å². The highest BCUT2D eigenvalue weighted by molar-refractivity contribution is 5.68. The molecule has 0 fully saturated rings. The van der Waals surface area contributed by atoms with E-state index in [1.54, 1.807) is 0 Å². The fraction of sp³-hybridized carbons (Fsp3) is 0.273. The molecule has 27 heavy (non-hydrogen) atoms. The molecule has 0 radical (unpaired) electrons. The molecule has 5 heteroatoms. The minimum Gasteiger partial charge on any atom is -0.492 e. The van der Waals surface area contributed by atoms with E-state index in [2.05, 4.69) is 36.2 Å². The SMILES string of the molecule is CCOc1ccccc1Nc1nc(-c2ccccc2)cc(N(CC)CC)n1. The second kappa shape index (κ2) is 9.03. The number of ether oxygens (including phenoxy) is 1. The summed E-state index contributed by atoms with van der Waals surface area (Å²) in [6.45, 7) is 8.61. The zero-order valence-electron chi connectivity index (χ0n) is 16.1. The van der Waals surface area contributed by atoms with E-state index in [1.807, 2.05) is 55.5 Å². The number of aromatic nitrogens is 2. The Labute approximate surface area is 161 Å². The largest absolute Gasteiger partial charge is 0.492 e. The van der Waals surface area contributed by atoms with Gasteiger partial charge < -0.3 is 15.0 Å². The zero-order valence-corrected chi connectivity index (χ0v) is 16.1. The van der Waals surface area contributed by atoms with Crippen molar-refractivity contribution in [3.63, 3.8) is 0 Å². The van der Waals surface area contributed by atoms with Gasteiger partial charge in [0.05, 0.1) is 18.0 Å². The topological polar surface area (TPSA) is 50.3 Å². The normalized spacial score (nSPS) is 10.5. The number of benzene rings is 2. The van der Waals surface area contributed by atoms with Gasteiger partial charge >= 0.3 is 0 Å². The van der Waals surface area contributed by atoms with Crippen molar-refractivity contribution in [2.75, 3.05) is 29.9 Å². The number of hydrogen-bond donors (Lipinski definition) is 1. The van der Waals surface area contributed by atoms with Crippen molar-refractivity contribution in [1.82, 2.24) is 9.97 Å². The van der Waals surface area contributed by atoms with E-state index < -0.39 is 0 Å². The van der Waals surface area contributed by atoms with Crippen molar-refractivity contribution in [1.29, 1.82) is 0 Å². The van der Waals surface area contributed by atoms with Crippen molar-refractivity contribution in [3.05, 3.63) is 60.7 Å². The summed E-state index contributed by atoms with van der Waals surface area (Å²) in [5.74, 6) is 2.26. The fourth-order valence-electron chi connectivity index (χ4n) is 2.93. The van der Waals surface area contributed by atoms with Crippen LogP contribution < -0.4 is 15.0 Å². The highest BCUT2D eigenvalue weighted by Gasteiger charge is 2.12. The van der Waals surface area contributed by atoms with Gasteiger partial charge in [-0.15, -0.1) is 0 Å². The molecule has 0 unspecified atom stereocenters. The van der Waals surface area contributed by atoms with E-state index in [9.17, 15) is 0 Å². The average Bonchev–Trinajstić information content (AvgIpc) is 2.71. The number of nitrogens with one attached hydrogen (secondary N) is 1. The molecule has 1 heterocycles. The molecule has 0 bridgehead atoms. The summed E-state index contributed by atoms with van der Waals surface area (Å²) in [5, 5.41) is 3.34. The molecule has 0 amide bonds. The van der Waals surface area contributed by atoms with E-state index in [4.69, 9.17) is 14.7 Å². The molecular formula is C22H26N4O. The maximum atomic E-state index is 5.72. The highest BCUT2D eigenvalue weighted by Crippen LogP contribution is 2.29. The number of nitrogens with zero attached hydrogens (tertiary/aromatic N) is 3. The minimum absolute atomic E-state index is 0.561. The molecule has 3 rings (SSSR count). The fourth-order valence-corrected chi connectivity index (χ4v) is 2.93. The highest BCUT2D eigenvalue weighted by atomic mass is 16.5. The van der Waals surface area contributed by atoms with Gasteiger partial charge in [0, 0.05) is 24.7 Å². The van der Waals surface area contributed by atoms with E-state index in [-0.39, 0.29) is 0 Å². The van der Waals surface area contributed by atoms with Crippen molar-refractivity contribution in [2.45, 2.75) is 20.8 Å². The summed E-state index contributed by atoms with van der Waals surface area (Å²) in [6.07, 6.45) is 0. The van der Waals surface area contributed by atoms with E-state index in [1.165, 1.54) is 0 Å². The number of rotatable bonds is 8. The van der Waals surface area contributed by atoms with Crippen molar-refractivity contribution >= 4 is 17.5 Å². The first-order valence-electron chi connectivity index (χ1n) is 9.43. The quantitative estimate of drug-likeness (QED) is 0.602. The van der Waals surface area contributed by atoms with Crippen LogP contribution >= 0.6 is 0 Å². The first-order chi connectivity index (χ1) is 13.2. The first-order valence-corrected chi connectivity index (χ1v) is 9.43. The van der Waals surface area contributed by atoms with Gasteiger partial charge in [-0.2, -0.15) is 4.98 Å². The third-order valence-electron chi connectivity index (χ3n) is 4.30. The summed E-state index contributed by atoms with van der Waals surface area (Å²) < 4.78 is 5.72. The molecule has 1 aromatic heterocycles. The van der Waals surface area contributed by atoms with Crippen molar-refractivity contribution in [3.8, 4) is 17.0 Å². The molecule has 0 atom stereocenters. The zero-order chi connectivity index (χ0) is 19.1. The smallest absolute Gasteiger partial charge is 0.229 e. The molecule has 0 saturated carbocycles. The predicted octanol–water partition coefficient (Wildman–Crippen LogP) is 5.13. The van der Waals surface area contributed by atoms with Crippen LogP contribution in [0.4, 0.5) is 17.5 Å². The number of anilines is 3. The third kappa shape index (κ3) is 4.56. The van der Waals surface area contributed by atoms with Gasteiger partial charge in [0.25, 0.3) is 0 Å². The minimum atomic E-state index is 0.561. The lowest BCUT2D eigenvalue weighted by atomic mass is 10.1. The van der Waals surface area contributed by atoms with Gasteiger partial charge in [0.15, 0.2) is 0 Å². The molecular weight excluding hydrogens is 336 g/mol. The molecule has 3 aromatic rings. The Morgan fingerprint density at radius 3 is 2.30 bits per heavy atom. The lowest BCUT2D eigenvalue weighted by molar-refractivity contribution is 0.342. The lowest BCUT2D eigenvalue weighted by Crippen LogP contribution is -2.23. The first kappa shape index (κ1) is 18.7. The summed E-state index contributed by atoms with van der Waals surface area (Å²) in [7, 11) is 0. The molecule has 1 N–H and O–H groups in total. The van der Waals surface area contributed by atoms with Gasteiger partial charge in [-0.25, -0.2) is 4.98 Å². The third-order valence-corrected chi connectivity index (χ3v) is 4.30. The van der Waals surface area contributed by atoms with E-state index in [0.29, 0.717) is 12.6 Å². The summed E-state index contributed by atoms with van der Waals surface area (Å²) in [6, 6.07) is 20.1. The Morgan fingerprint density at radius 1 is 0.889 bits per heavy atom. The Hall–Kier alpha value is -3.08. The van der Waals surface area contributed by atoms with E-state index in [0.717, 1.165) is 41.6 Å². The summed E-state index contributed by atoms with van der Waals surface area (Å²) in [5.41, 5.74) is 2.81. The van der Waals surface area contributed by atoms with Gasteiger partial charge in [0.2, 0.25) is 5.95 Å². The Kier molecular flexibility index (Phi) is 6.26. The molecule has 140 valence electrons. The van der Waals surface area contributed by atoms with Crippen LogP contribution in [0.25, 0.3) is 11.3 Å². The average molecular weight is 362 g/mol. The second-order valence-electron chi connectivity index (χ2n) is 6.03. The maximum absolute atomic E-state index is 5.72. The summed E-state index contributed by atoms with van der Waals surface area (Å²) >= 11 is 0. The number of para-hydroxylation sites is 2. The molecule has 0 aliphatic rings. The standard InChI is InChI=1S/C22H26N4O/c1-4-26(5-2)21-16-19(17-12-8-7-9-13-17)24-22(25-21)23-18-14-10-11-15-20(18)27-6-3/h7-16H,4-6H2,1-3H3,(H,23,24,25). The Balaban J connectivity index is 2.03. The molecule has 0 aliphatic carbocycles. The van der Waals surface area contributed by atoms with Crippen LogP contribution in [0.5, 0.6) is 5.75 Å². The molecule has 5 nitrogen and oxygen atoms in total. The Morgan fingerprint density at radius 2 is 1.59 bits per heavy atom. The van der Waals surface area contributed by atoms with Crippen LogP contribution in [0.2, 0.25) is 0 Å².